The summed E-state index contributed by atoms with van der Waals surface area (Å²) in [6.45, 7) is 12.1. The molecule has 0 aliphatic carbocycles. The molecule has 0 fully saturated rings. The van der Waals surface area contributed by atoms with E-state index in [9.17, 15) is 18.0 Å². The van der Waals surface area contributed by atoms with E-state index in [1.165, 1.54) is 6.08 Å². The molecule has 28 heavy (non-hydrogen) atoms. The highest BCUT2D eigenvalue weighted by atomic mass is 19.4. The highest BCUT2D eigenvalue weighted by molar-refractivity contribution is 6.05. The van der Waals surface area contributed by atoms with Crippen molar-refractivity contribution in [2.45, 2.75) is 78.7 Å². The predicted octanol–water partition coefficient (Wildman–Crippen LogP) is 4.93. The largest absolute Gasteiger partial charge is 0.444 e. The highest BCUT2D eigenvalue weighted by Crippen LogP contribution is 2.29. The van der Waals surface area contributed by atoms with Gasteiger partial charge in [0.05, 0.1) is 23.5 Å². The van der Waals surface area contributed by atoms with E-state index in [0.717, 1.165) is 16.3 Å². The van der Waals surface area contributed by atoms with E-state index in [2.05, 4.69) is 10.4 Å². The number of carbonyl (C=O) groups excluding carboxylic acids is 1. The van der Waals surface area contributed by atoms with Crippen molar-refractivity contribution < 1.29 is 22.7 Å². The Morgan fingerprint density at radius 3 is 2.32 bits per heavy atom. The van der Waals surface area contributed by atoms with Gasteiger partial charge in [-0.25, -0.2) is 4.79 Å². The van der Waals surface area contributed by atoms with Crippen molar-refractivity contribution in [3.05, 3.63) is 29.1 Å². The van der Waals surface area contributed by atoms with Crippen molar-refractivity contribution in [2.24, 2.45) is 0 Å². The van der Waals surface area contributed by atoms with Crippen LogP contribution in [0.5, 0.6) is 0 Å². The fraction of sp³-hybridized carbons (Fsp3) is 0.632. The van der Waals surface area contributed by atoms with Gasteiger partial charge in [-0.2, -0.15) is 18.3 Å². The predicted molar refractivity (Wildman–Crippen MR) is 102 cm³/mol. The second-order valence-corrected chi connectivity index (χ2v) is 8.34. The van der Waals surface area contributed by atoms with Gasteiger partial charge >= 0.3 is 12.3 Å². The standard InChI is InChI=1S/C19H29F3N4O2/c1-8-12(2)9-13(23)14-10-15(19(20,21)22)25-26(14)11-18(6,7)24-16(27)28-17(3,4)5/h9-10,23H,8,11H2,1-7H3,(H,24,27). The van der Waals surface area contributed by atoms with Gasteiger partial charge in [0.1, 0.15) is 5.60 Å². The minimum absolute atomic E-state index is 0.0270. The van der Waals surface area contributed by atoms with Crippen molar-refractivity contribution in [3.8, 4) is 0 Å². The summed E-state index contributed by atoms with van der Waals surface area (Å²) in [5, 5.41) is 14.4. The first-order valence-electron chi connectivity index (χ1n) is 8.96. The molecule has 0 radical (unpaired) electrons. The number of ether oxygens (including phenoxy) is 1. The van der Waals surface area contributed by atoms with E-state index >= 15 is 0 Å². The number of carbonyl (C=O) groups is 1. The number of allylic oxidation sites excluding steroid dienone is 2. The summed E-state index contributed by atoms with van der Waals surface area (Å²) in [4.78, 5) is 12.0. The molecule has 0 aromatic carbocycles. The summed E-state index contributed by atoms with van der Waals surface area (Å²) in [5.41, 5.74) is -1.93. The number of aromatic nitrogens is 2. The number of rotatable bonds is 6. The molecule has 0 saturated heterocycles. The molecule has 0 bridgehead atoms. The lowest BCUT2D eigenvalue weighted by Gasteiger charge is -2.29. The molecule has 0 aliphatic rings. The average Bonchev–Trinajstić information content (AvgIpc) is 2.87. The maximum atomic E-state index is 13.2. The van der Waals surface area contributed by atoms with Gasteiger partial charge < -0.3 is 10.1 Å². The zero-order chi connectivity index (χ0) is 21.9. The molecular formula is C19H29F3N4O2. The molecule has 1 rings (SSSR count). The summed E-state index contributed by atoms with van der Waals surface area (Å²) < 4.78 is 45.8. The summed E-state index contributed by atoms with van der Waals surface area (Å²) in [6.07, 6.45) is -3.12. The first-order chi connectivity index (χ1) is 12.5. The van der Waals surface area contributed by atoms with Crippen molar-refractivity contribution in [2.75, 3.05) is 0 Å². The van der Waals surface area contributed by atoms with Crippen molar-refractivity contribution in [1.82, 2.24) is 15.1 Å². The second-order valence-electron chi connectivity index (χ2n) is 8.34. The Morgan fingerprint density at radius 2 is 1.86 bits per heavy atom. The SMILES string of the molecule is CCC(C)=CC(=N)c1cc(C(F)(F)F)nn1CC(C)(C)NC(=O)OC(C)(C)C. The highest BCUT2D eigenvalue weighted by Gasteiger charge is 2.36. The Kier molecular flexibility index (Phi) is 7.08. The van der Waals surface area contributed by atoms with Crippen LogP contribution in [-0.2, 0) is 17.5 Å². The van der Waals surface area contributed by atoms with Crippen LogP contribution in [-0.4, -0.2) is 32.7 Å². The number of hydrogen-bond donors (Lipinski definition) is 2. The molecule has 158 valence electrons. The van der Waals surface area contributed by atoms with Crippen LogP contribution >= 0.6 is 0 Å². The van der Waals surface area contributed by atoms with Crippen LogP contribution in [0.25, 0.3) is 0 Å². The van der Waals surface area contributed by atoms with E-state index in [-0.39, 0.29) is 18.0 Å². The molecule has 2 N–H and O–H groups in total. The Labute approximate surface area is 163 Å². The van der Waals surface area contributed by atoms with Crippen molar-refractivity contribution in [1.29, 1.82) is 5.41 Å². The van der Waals surface area contributed by atoms with Gasteiger partial charge in [-0.05, 0) is 60.1 Å². The molecule has 9 heteroatoms. The van der Waals surface area contributed by atoms with E-state index in [1.807, 2.05) is 6.92 Å². The zero-order valence-corrected chi connectivity index (χ0v) is 17.4. The summed E-state index contributed by atoms with van der Waals surface area (Å²) in [7, 11) is 0. The van der Waals surface area contributed by atoms with Gasteiger partial charge in [-0.3, -0.25) is 10.1 Å². The number of alkyl carbamates (subject to hydrolysis) is 1. The Bertz CT molecular complexity index is 756. The van der Waals surface area contributed by atoms with Crippen LogP contribution in [0, 0.1) is 5.41 Å². The number of alkyl halides is 3. The Hall–Kier alpha value is -2.32. The second kappa shape index (κ2) is 8.36. The van der Waals surface area contributed by atoms with Crippen molar-refractivity contribution >= 4 is 11.8 Å². The van der Waals surface area contributed by atoms with E-state index in [1.54, 1.807) is 41.5 Å². The maximum Gasteiger partial charge on any atom is 0.435 e. The van der Waals surface area contributed by atoms with Gasteiger partial charge in [0, 0.05) is 0 Å². The molecular weight excluding hydrogens is 373 g/mol. The topological polar surface area (TPSA) is 80.0 Å². The number of hydrogen-bond acceptors (Lipinski definition) is 4. The summed E-state index contributed by atoms with van der Waals surface area (Å²) >= 11 is 0. The minimum atomic E-state index is -4.63. The first kappa shape index (κ1) is 23.7. The average molecular weight is 402 g/mol. The monoisotopic (exact) mass is 402 g/mol. The van der Waals surface area contributed by atoms with Crippen molar-refractivity contribution in [3.63, 3.8) is 0 Å². The van der Waals surface area contributed by atoms with E-state index < -0.39 is 29.1 Å². The number of nitrogens with zero attached hydrogens (tertiary/aromatic N) is 2. The molecule has 1 aromatic rings. The van der Waals surface area contributed by atoms with Crippen LogP contribution in [0.2, 0.25) is 0 Å². The molecule has 0 spiro atoms. The molecule has 0 atom stereocenters. The van der Waals surface area contributed by atoms with Crippen LogP contribution in [0.15, 0.2) is 17.7 Å². The molecule has 0 unspecified atom stereocenters. The van der Waals surface area contributed by atoms with Crippen LogP contribution in [0.1, 0.15) is 66.3 Å². The van der Waals surface area contributed by atoms with Crippen LogP contribution in [0.3, 0.4) is 0 Å². The molecule has 1 aromatic heterocycles. The summed E-state index contributed by atoms with van der Waals surface area (Å²) in [6, 6.07) is 0.853. The van der Waals surface area contributed by atoms with Gasteiger partial charge in [-0.1, -0.05) is 12.5 Å². The maximum absolute atomic E-state index is 13.2. The number of amides is 1. The molecule has 1 amide bonds. The Morgan fingerprint density at radius 1 is 1.29 bits per heavy atom. The van der Waals surface area contributed by atoms with Crippen LogP contribution < -0.4 is 5.32 Å². The number of halogens is 3. The molecule has 1 heterocycles. The third-order valence-electron chi connectivity index (χ3n) is 3.68. The smallest absolute Gasteiger partial charge is 0.435 e. The minimum Gasteiger partial charge on any atom is -0.444 e. The van der Waals surface area contributed by atoms with Gasteiger partial charge in [0.15, 0.2) is 5.69 Å². The third-order valence-corrected chi connectivity index (χ3v) is 3.68. The van der Waals surface area contributed by atoms with Gasteiger partial charge in [0.25, 0.3) is 0 Å². The number of nitrogens with one attached hydrogen (secondary N) is 2. The third kappa shape index (κ3) is 7.36. The fourth-order valence-electron chi connectivity index (χ4n) is 2.31. The van der Waals surface area contributed by atoms with E-state index in [0.29, 0.717) is 6.42 Å². The molecule has 6 nitrogen and oxygen atoms in total. The zero-order valence-electron chi connectivity index (χ0n) is 17.4. The Balaban J connectivity index is 3.18. The lowest BCUT2D eigenvalue weighted by atomic mass is 10.1. The van der Waals surface area contributed by atoms with Crippen LogP contribution in [0.4, 0.5) is 18.0 Å². The van der Waals surface area contributed by atoms with Gasteiger partial charge in [-0.15, -0.1) is 0 Å². The molecule has 0 saturated carbocycles. The quantitative estimate of drug-likeness (QED) is 0.662. The van der Waals surface area contributed by atoms with Gasteiger partial charge in [0.2, 0.25) is 0 Å². The summed E-state index contributed by atoms with van der Waals surface area (Å²) in [5.74, 6) is 0. The first-order valence-corrected chi connectivity index (χ1v) is 8.96. The molecule has 0 aliphatic heterocycles. The lowest BCUT2D eigenvalue weighted by molar-refractivity contribution is -0.141. The lowest BCUT2D eigenvalue weighted by Crippen LogP contribution is -2.48. The normalized spacial score (nSPS) is 13.4. The fourth-order valence-corrected chi connectivity index (χ4v) is 2.31. The van der Waals surface area contributed by atoms with E-state index in [4.69, 9.17) is 10.1 Å².